The van der Waals surface area contributed by atoms with Crippen molar-refractivity contribution in [2.75, 3.05) is 0 Å². The van der Waals surface area contributed by atoms with Gasteiger partial charge in [0.1, 0.15) is 5.76 Å². The summed E-state index contributed by atoms with van der Waals surface area (Å²) < 4.78 is 6.21. The molecule has 1 atom stereocenters. The van der Waals surface area contributed by atoms with Crippen LogP contribution in [-0.2, 0) is 11.3 Å². The Labute approximate surface area is 96.4 Å². The third-order valence-electron chi connectivity index (χ3n) is 1.76. The molecule has 3 N–H and O–H groups in total. The number of rotatable bonds is 5. The predicted octanol–water partition coefficient (Wildman–Crippen LogP) is 1.24. The number of hydrogen-bond acceptors (Lipinski definition) is 3. The zero-order valence-corrected chi connectivity index (χ0v) is 10.1. The molecule has 0 bridgehead atoms. The first-order valence-corrected chi connectivity index (χ1v) is 5.41. The van der Waals surface area contributed by atoms with Crippen molar-refractivity contribution >= 4 is 28.5 Å². The van der Waals surface area contributed by atoms with Gasteiger partial charge in [-0.25, -0.2) is 0 Å². The number of halogens is 1. The summed E-state index contributed by atoms with van der Waals surface area (Å²) in [5, 5.41) is 3.15. The minimum atomic E-state index is -0.293. The summed E-state index contributed by atoms with van der Waals surface area (Å²) in [5.41, 5.74) is 5.06. The molecule has 0 fully saturated rings. The third kappa shape index (κ3) is 4.10. The Bertz CT molecular complexity index is 312. The monoisotopic (exact) mass is 308 g/mol. The van der Waals surface area contributed by atoms with Gasteiger partial charge in [0, 0.05) is 12.5 Å². The quantitative estimate of drug-likeness (QED) is 0.804. The molecule has 1 rings (SSSR count). The fourth-order valence-electron chi connectivity index (χ4n) is 1.10. The van der Waals surface area contributed by atoms with Crippen LogP contribution >= 0.6 is 22.6 Å². The van der Waals surface area contributed by atoms with Crippen molar-refractivity contribution in [2.45, 2.75) is 25.9 Å². The molecule has 1 heterocycles. The Morgan fingerprint density at radius 1 is 1.71 bits per heavy atom. The molecular formula is C9H13IN2O2. The van der Waals surface area contributed by atoms with Crippen molar-refractivity contribution in [3.8, 4) is 0 Å². The minimum absolute atomic E-state index is 0.0789. The molecule has 0 saturated heterocycles. The average molecular weight is 308 g/mol. The second kappa shape index (κ2) is 5.35. The summed E-state index contributed by atoms with van der Waals surface area (Å²) >= 11 is 2.11. The van der Waals surface area contributed by atoms with Crippen LogP contribution in [0.5, 0.6) is 0 Å². The SMILES string of the molecule is CC(CC(N)=O)NCc1ccc(I)o1. The van der Waals surface area contributed by atoms with Crippen molar-refractivity contribution in [1.29, 1.82) is 0 Å². The van der Waals surface area contributed by atoms with Crippen molar-refractivity contribution in [1.82, 2.24) is 5.32 Å². The molecule has 0 aliphatic carbocycles. The van der Waals surface area contributed by atoms with Crippen LogP contribution in [0.2, 0.25) is 0 Å². The third-order valence-corrected chi connectivity index (χ3v) is 2.34. The van der Waals surface area contributed by atoms with E-state index in [4.69, 9.17) is 10.2 Å². The lowest BCUT2D eigenvalue weighted by molar-refractivity contribution is -0.118. The van der Waals surface area contributed by atoms with Crippen molar-refractivity contribution in [3.63, 3.8) is 0 Å². The zero-order valence-electron chi connectivity index (χ0n) is 7.92. The Morgan fingerprint density at radius 3 is 2.93 bits per heavy atom. The highest BCUT2D eigenvalue weighted by molar-refractivity contribution is 14.1. The van der Waals surface area contributed by atoms with Gasteiger partial charge in [-0.1, -0.05) is 0 Å². The van der Waals surface area contributed by atoms with E-state index in [1.165, 1.54) is 0 Å². The lowest BCUT2D eigenvalue weighted by Gasteiger charge is -2.09. The molecule has 5 heteroatoms. The molecule has 4 nitrogen and oxygen atoms in total. The number of furan rings is 1. The smallest absolute Gasteiger partial charge is 0.218 e. The first-order valence-electron chi connectivity index (χ1n) is 4.34. The van der Waals surface area contributed by atoms with E-state index in [2.05, 4.69) is 27.9 Å². The fraction of sp³-hybridized carbons (Fsp3) is 0.444. The summed E-state index contributed by atoms with van der Waals surface area (Å²) in [4.78, 5) is 10.6. The van der Waals surface area contributed by atoms with Gasteiger partial charge in [-0.05, 0) is 41.6 Å². The lowest BCUT2D eigenvalue weighted by atomic mass is 10.2. The van der Waals surface area contributed by atoms with Gasteiger partial charge in [0.25, 0.3) is 0 Å². The zero-order chi connectivity index (χ0) is 10.6. The van der Waals surface area contributed by atoms with Crippen LogP contribution in [0.15, 0.2) is 16.5 Å². The van der Waals surface area contributed by atoms with Gasteiger partial charge in [0.15, 0.2) is 3.77 Å². The maximum atomic E-state index is 10.6. The topological polar surface area (TPSA) is 68.3 Å². The number of carbonyl (C=O) groups excluding carboxylic acids is 1. The van der Waals surface area contributed by atoms with Gasteiger partial charge in [0.2, 0.25) is 5.91 Å². The van der Waals surface area contributed by atoms with E-state index in [0.29, 0.717) is 13.0 Å². The maximum absolute atomic E-state index is 10.6. The standard InChI is InChI=1S/C9H13IN2O2/c1-6(4-9(11)13)12-5-7-2-3-8(10)14-7/h2-3,6,12H,4-5H2,1H3,(H2,11,13). The second-order valence-corrected chi connectivity index (χ2v) is 4.22. The van der Waals surface area contributed by atoms with E-state index in [1.54, 1.807) is 0 Å². The molecule has 0 aromatic carbocycles. The van der Waals surface area contributed by atoms with Crippen LogP contribution in [0.4, 0.5) is 0 Å². The van der Waals surface area contributed by atoms with E-state index in [-0.39, 0.29) is 11.9 Å². The molecule has 0 radical (unpaired) electrons. The van der Waals surface area contributed by atoms with Gasteiger partial charge >= 0.3 is 0 Å². The van der Waals surface area contributed by atoms with E-state index in [0.717, 1.165) is 9.53 Å². The van der Waals surface area contributed by atoms with Gasteiger partial charge < -0.3 is 15.5 Å². The summed E-state index contributed by atoms with van der Waals surface area (Å²) in [6.07, 6.45) is 0.345. The van der Waals surface area contributed by atoms with E-state index < -0.39 is 0 Å². The summed E-state index contributed by atoms with van der Waals surface area (Å²) in [5.74, 6) is 0.574. The van der Waals surface area contributed by atoms with Crippen LogP contribution in [-0.4, -0.2) is 11.9 Å². The average Bonchev–Trinajstić information content (AvgIpc) is 2.47. The van der Waals surface area contributed by atoms with E-state index in [1.807, 2.05) is 19.1 Å². The van der Waals surface area contributed by atoms with Crippen LogP contribution in [0.25, 0.3) is 0 Å². The Balaban J connectivity index is 2.30. The second-order valence-electron chi connectivity index (χ2n) is 3.16. The lowest BCUT2D eigenvalue weighted by Crippen LogP contribution is -2.30. The normalized spacial score (nSPS) is 12.7. The molecule has 78 valence electrons. The fourth-order valence-corrected chi connectivity index (χ4v) is 1.56. The molecule has 1 amide bonds. The molecule has 0 saturated carbocycles. The van der Waals surface area contributed by atoms with Crippen LogP contribution in [0, 0.1) is 3.77 Å². The molecular weight excluding hydrogens is 295 g/mol. The molecule has 0 aliphatic heterocycles. The number of hydrogen-bond donors (Lipinski definition) is 2. The van der Waals surface area contributed by atoms with Crippen LogP contribution in [0.3, 0.4) is 0 Å². The number of nitrogens with two attached hydrogens (primary N) is 1. The molecule has 0 aliphatic rings. The maximum Gasteiger partial charge on any atom is 0.218 e. The number of nitrogens with one attached hydrogen (secondary N) is 1. The highest BCUT2D eigenvalue weighted by Crippen LogP contribution is 2.09. The first kappa shape index (κ1) is 11.5. The van der Waals surface area contributed by atoms with Crippen molar-refractivity contribution < 1.29 is 9.21 Å². The predicted molar refractivity (Wildman–Crippen MR) is 61.5 cm³/mol. The minimum Gasteiger partial charge on any atom is -0.454 e. The number of carbonyl (C=O) groups is 1. The van der Waals surface area contributed by atoms with Gasteiger partial charge in [-0.2, -0.15) is 0 Å². The summed E-state index contributed by atoms with van der Waals surface area (Å²) in [6, 6.07) is 3.89. The van der Waals surface area contributed by atoms with Gasteiger partial charge in [-0.15, -0.1) is 0 Å². The Kier molecular flexibility index (Phi) is 4.40. The Morgan fingerprint density at radius 2 is 2.43 bits per heavy atom. The molecule has 1 aromatic heterocycles. The molecule has 1 unspecified atom stereocenters. The van der Waals surface area contributed by atoms with Crippen LogP contribution < -0.4 is 11.1 Å². The number of amides is 1. The molecule has 14 heavy (non-hydrogen) atoms. The van der Waals surface area contributed by atoms with Gasteiger partial charge in [-0.3, -0.25) is 4.79 Å². The molecule has 1 aromatic rings. The van der Waals surface area contributed by atoms with E-state index in [9.17, 15) is 4.79 Å². The van der Waals surface area contributed by atoms with Gasteiger partial charge in [0.05, 0.1) is 6.54 Å². The summed E-state index contributed by atoms with van der Waals surface area (Å²) in [6.45, 7) is 2.54. The van der Waals surface area contributed by atoms with Crippen molar-refractivity contribution in [3.05, 3.63) is 21.7 Å². The van der Waals surface area contributed by atoms with Crippen molar-refractivity contribution in [2.24, 2.45) is 5.73 Å². The first-order chi connectivity index (χ1) is 6.58. The summed E-state index contributed by atoms with van der Waals surface area (Å²) in [7, 11) is 0. The largest absolute Gasteiger partial charge is 0.454 e. The number of primary amides is 1. The highest BCUT2D eigenvalue weighted by atomic mass is 127. The van der Waals surface area contributed by atoms with Crippen LogP contribution in [0.1, 0.15) is 19.1 Å². The highest BCUT2D eigenvalue weighted by Gasteiger charge is 2.06. The Hall–Kier alpha value is -0.560. The molecule has 0 spiro atoms. The van der Waals surface area contributed by atoms with E-state index >= 15 is 0 Å².